The Bertz CT molecular complexity index is 323. The average Bonchev–Trinajstić information content (AvgIpc) is 2.68. The predicted molar refractivity (Wildman–Crippen MR) is 64.6 cm³/mol. The highest BCUT2D eigenvalue weighted by Crippen LogP contribution is 2.73. The van der Waals surface area contributed by atoms with Crippen molar-refractivity contribution in [1.82, 2.24) is 0 Å². The normalized spacial score (nSPS) is 51.5. The molecule has 2 fully saturated rings. The first-order valence-electron chi connectivity index (χ1n) is 6.63. The first-order valence-corrected chi connectivity index (χ1v) is 6.63. The summed E-state index contributed by atoms with van der Waals surface area (Å²) >= 11 is 0. The summed E-state index contributed by atoms with van der Waals surface area (Å²) in [6, 6.07) is 0. The molecule has 15 heavy (non-hydrogen) atoms. The summed E-state index contributed by atoms with van der Waals surface area (Å²) in [6.07, 6.45) is 8.26. The van der Waals surface area contributed by atoms with E-state index in [9.17, 15) is 0 Å². The monoisotopic (exact) mass is 204 g/mol. The third-order valence-corrected chi connectivity index (χ3v) is 5.95. The van der Waals surface area contributed by atoms with E-state index in [4.69, 9.17) is 0 Å². The molecule has 0 heteroatoms. The van der Waals surface area contributed by atoms with Crippen LogP contribution in [-0.4, -0.2) is 0 Å². The zero-order valence-electron chi connectivity index (χ0n) is 10.6. The second-order valence-electron chi connectivity index (χ2n) is 7.11. The van der Waals surface area contributed by atoms with Gasteiger partial charge in [0.2, 0.25) is 0 Å². The Labute approximate surface area is 94.1 Å². The van der Waals surface area contributed by atoms with Crippen LogP contribution in [0.2, 0.25) is 0 Å². The predicted octanol–water partition coefficient (Wildman–Crippen LogP) is 4.42. The van der Waals surface area contributed by atoms with Crippen LogP contribution >= 0.6 is 0 Å². The molecule has 3 rings (SSSR count). The lowest BCUT2D eigenvalue weighted by Gasteiger charge is -2.45. The average molecular weight is 204 g/mol. The van der Waals surface area contributed by atoms with Gasteiger partial charge in [0.15, 0.2) is 0 Å². The highest BCUT2D eigenvalue weighted by atomic mass is 14.7. The van der Waals surface area contributed by atoms with Crippen LogP contribution in [0.4, 0.5) is 0 Å². The highest BCUT2D eigenvalue weighted by Gasteiger charge is 2.66. The molecule has 0 aromatic carbocycles. The molecule has 2 saturated carbocycles. The molecule has 0 saturated heterocycles. The summed E-state index contributed by atoms with van der Waals surface area (Å²) in [4.78, 5) is 0. The maximum atomic E-state index is 2.55. The van der Waals surface area contributed by atoms with E-state index in [1.165, 1.54) is 25.7 Å². The Hall–Kier alpha value is -0.260. The quantitative estimate of drug-likeness (QED) is 0.513. The fraction of sp³-hybridized carbons (Fsp3) is 0.867. The summed E-state index contributed by atoms with van der Waals surface area (Å²) in [5.41, 5.74) is 3.01. The first-order chi connectivity index (χ1) is 6.97. The van der Waals surface area contributed by atoms with Gasteiger partial charge in [-0.05, 0) is 61.2 Å². The van der Waals surface area contributed by atoms with E-state index < -0.39 is 0 Å². The first kappa shape index (κ1) is 9.93. The van der Waals surface area contributed by atoms with E-state index in [1.54, 1.807) is 5.57 Å². The Morgan fingerprint density at radius 2 is 1.93 bits per heavy atom. The zero-order valence-corrected chi connectivity index (χ0v) is 10.6. The van der Waals surface area contributed by atoms with Gasteiger partial charge >= 0.3 is 0 Å². The fourth-order valence-corrected chi connectivity index (χ4v) is 4.94. The van der Waals surface area contributed by atoms with Gasteiger partial charge in [-0.15, -0.1) is 0 Å². The van der Waals surface area contributed by atoms with Gasteiger partial charge < -0.3 is 0 Å². The minimum absolute atomic E-state index is 0.647. The number of fused-ring (bicyclic) bond motifs is 3. The van der Waals surface area contributed by atoms with Crippen molar-refractivity contribution >= 4 is 0 Å². The van der Waals surface area contributed by atoms with Crippen LogP contribution in [0.1, 0.15) is 53.4 Å². The van der Waals surface area contributed by atoms with Crippen molar-refractivity contribution in [2.45, 2.75) is 53.4 Å². The van der Waals surface area contributed by atoms with Crippen molar-refractivity contribution in [2.75, 3.05) is 0 Å². The molecule has 3 aliphatic carbocycles. The molecule has 0 spiro atoms. The second-order valence-corrected chi connectivity index (χ2v) is 7.11. The lowest BCUT2D eigenvalue weighted by Crippen LogP contribution is -2.36. The molecule has 0 nitrogen and oxygen atoms in total. The van der Waals surface area contributed by atoms with Crippen LogP contribution in [0.25, 0.3) is 0 Å². The largest absolute Gasteiger partial charge is 0.0853 e. The Morgan fingerprint density at radius 3 is 2.67 bits per heavy atom. The topological polar surface area (TPSA) is 0 Å². The second kappa shape index (κ2) is 2.70. The van der Waals surface area contributed by atoms with Gasteiger partial charge in [0.05, 0.1) is 0 Å². The van der Waals surface area contributed by atoms with E-state index >= 15 is 0 Å². The van der Waals surface area contributed by atoms with E-state index in [0.717, 1.165) is 17.8 Å². The van der Waals surface area contributed by atoms with Crippen LogP contribution in [-0.2, 0) is 0 Å². The molecule has 0 heterocycles. The summed E-state index contributed by atoms with van der Waals surface area (Å²) in [6.45, 7) is 9.93. The van der Waals surface area contributed by atoms with E-state index in [0.29, 0.717) is 10.8 Å². The summed E-state index contributed by atoms with van der Waals surface area (Å²) in [5.74, 6) is 2.96. The van der Waals surface area contributed by atoms with Gasteiger partial charge in [0, 0.05) is 0 Å². The van der Waals surface area contributed by atoms with Gasteiger partial charge in [-0.2, -0.15) is 0 Å². The number of allylic oxidation sites excluding steroid dienone is 2. The minimum Gasteiger partial charge on any atom is -0.0853 e. The van der Waals surface area contributed by atoms with Gasteiger partial charge in [-0.3, -0.25) is 0 Å². The molecule has 0 N–H and O–H groups in total. The number of hydrogen-bond donors (Lipinski definition) is 0. The van der Waals surface area contributed by atoms with Crippen LogP contribution in [0.3, 0.4) is 0 Å². The molecule has 0 unspecified atom stereocenters. The molecule has 84 valence electrons. The molecule has 0 aromatic heterocycles. The molecule has 0 radical (unpaired) electrons. The highest BCUT2D eigenvalue weighted by molar-refractivity contribution is 5.25. The van der Waals surface area contributed by atoms with Gasteiger partial charge in [0.1, 0.15) is 0 Å². The molecule has 0 aromatic rings. The van der Waals surface area contributed by atoms with Crippen molar-refractivity contribution in [1.29, 1.82) is 0 Å². The summed E-state index contributed by atoms with van der Waals surface area (Å²) in [5, 5.41) is 0. The van der Waals surface area contributed by atoms with E-state index in [2.05, 4.69) is 33.8 Å². The SMILES string of the molecule is CC1=CCC[C@]2(C)CC[C@H]3[C@@H]([C@@H]12)C3(C)C. The van der Waals surface area contributed by atoms with Gasteiger partial charge in [-0.1, -0.05) is 32.4 Å². The third-order valence-electron chi connectivity index (χ3n) is 5.95. The smallest absolute Gasteiger partial charge is 0.0115 e. The Balaban J connectivity index is 1.99. The molecule has 3 aliphatic rings. The maximum Gasteiger partial charge on any atom is -0.0115 e. The van der Waals surface area contributed by atoms with Crippen LogP contribution in [0.15, 0.2) is 11.6 Å². The molecule has 0 amide bonds. The molecular formula is C15H24. The molecular weight excluding hydrogens is 180 g/mol. The van der Waals surface area contributed by atoms with E-state index in [-0.39, 0.29) is 0 Å². The molecule has 0 aliphatic heterocycles. The third kappa shape index (κ3) is 1.14. The van der Waals surface area contributed by atoms with Crippen molar-refractivity contribution in [3.63, 3.8) is 0 Å². The van der Waals surface area contributed by atoms with Crippen molar-refractivity contribution in [2.24, 2.45) is 28.6 Å². The van der Waals surface area contributed by atoms with Crippen molar-refractivity contribution in [3.8, 4) is 0 Å². The van der Waals surface area contributed by atoms with E-state index in [1.807, 2.05) is 0 Å². The lowest BCUT2D eigenvalue weighted by atomic mass is 9.60. The molecule has 0 bridgehead atoms. The summed E-state index contributed by atoms with van der Waals surface area (Å²) in [7, 11) is 0. The van der Waals surface area contributed by atoms with Gasteiger partial charge in [-0.25, -0.2) is 0 Å². The zero-order chi connectivity index (χ0) is 10.8. The summed E-state index contributed by atoms with van der Waals surface area (Å²) < 4.78 is 0. The van der Waals surface area contributed by atoms with Crippen LogP contribution < -0.4 is 0 Å². The van der Waals surface area contributed by atoms with Crippen LogP contribution in [0.5, 0.6) is 0 Å². The maximum absolute atomic E-state index is 2.55. The van der Waals surface area contributed by atoms with Crippen molar-refractivity contribution in [3.05, 3.63) is 11.6 Å². The standard InChI is InChI=1S/C15H24/c1-10-6-5-8-15(4)9-7-11-13(12(10)15)14(11,2)3/h6,11-13H,5,7-9H2,1-4H3/t11-,12+,13-,15+/m0/s1. The Kier molecular flexibility index (Phi) is 1.79. The number of hydrogen-bond acceptors (Lipinski definition) is 0. The Morgan fingerprint density at radius 1 is 1.20 bits per heavy atom. The molecule has 4 atom stereocenters. The van der Waals surface area contributed by atoms with Crippen LogP contribution in [0, 0.1) is 28.6 Å². The van der Waals surface area contributed by atoms with Gasteiger partial charge in [0.25, 0.3) is 0 Å². The lowest BCUT2D eigenvalue weighted by molar-refractivity contribution is 0.109. The fourth-order valence-electron chi connectivity index (χ4n) is 4.94. The van der Waals surface area contributed by atoms with Crippen molar-refractivity contribution < 1.29 is 0 Å². The number of rotatable bonds is 0. The minimum atomic E-state index is 0.647.